The van der Waals surface area contributed by atoms with Gasteiger partial charge in [-0.15, -0.1) is 0 Å². The third kappa shape index (κ3) is 1.65. The molecule has 1 aliphatic carbocycles. The van der Waals surface area contributed by atoms with E-state index in [-0.39, 0.29) is 11.4 Å². The minimum atomic E-state index is -0.253. The summed E-state index contributed by atoms with van der Waals surface area (Å²) in [7, 11) is 0. The molecular weight excluding hydrogens is 217 g/mol. The molecule has 1 heterocycles. The van der Waals surface area contributed by atoms with Crippen LogP contribution < -0.4 is 5.73 Å². The lowest BCUT2D eigenvalue weighted by molar-refractivity contribution is 0.254. The predicted molar refractivity (Wildman–Crippen MR) is 63.7 cm³/mol. The average molecular weight is 231 g/mol. The van der Waals surface area contributed by atoms with Crippen LogP contribution in [0.1, 0.15) is 24.8 Å². The van der Waals surface area contributed by atoms with E-state index in [0.717, 1.165) is 36.1 Å². The summed E-state index contributed by atoms with van der Waals surface area (Å²) in [5.41, 5.74) is 8.92. The van der Waals surface area contributed by atoms with Gasteiger partial charge in [0.15, 0.2) is 0 Å². The maximum absolute atomic E-state index is 12.9. The van der Waals surface area contributed by atoms with Gasteiger partial charge in [-0.1, -0.05) is 0 Å². The first-order chi connectivity index (χ1) is 8.19. The van der Waals surface area contributed by atoms with Crippen LogP contribution in [-0.2, 0) is 5.54 Å². The molecule has 3 nitrogen and oxygen atoms in total. The number of aromatic nitrogens is 2. The molecule has 2 aromatic rings. The summed E-state index contributed by atoms with van der Waals surface area (Å²) in [4.78, 5) is 0. The zero-order valence-electron chi connectivity index (χ0n) is 9.41. The third-order valence-corrected chi connectivity index (χ3v) is 3.55. The Bertz CT molecular complexity index is 526. The highest BCUT2D eigenvalue weighted by atomic mass is 19.1. The third-order valence-electron chi connectivity index (χ3n) is 3.55. The van der Waals surface area contributed by atoms with Gasteiger partial charge in [0.25, 0.3) is 0 Å². The first-order valence-corrected chi connectivity index (χ1v) is 5.78. The SMILES string of the molecule is NC1(c2cn[nH]c2-c2ccc(F)cc2)CCC1. The van der Waals surface area contributed by atoms with Crippen molar-refractivity contribution in [3.63, 3.8) is 0 Å². The van der Waals surface area contributed by atoms with Crippen molar-refractivity contribution in [3.05, 3.63) is 41.8 Å². The number of halogens is 1. The molecule has 0 saturated heterocycles. The number of nitrogens with zero attached hydrogens (tertiary/aromatic N) is 1. The molecule has 1 fully saturated rings. The van der Waals surface area contributed by atoms with E-state index in [2.05, 4.69) is 10.2 Å². The van der Waals surface area contributed by atoms with Gasteiger partial charge in [0.1, 0.15) is 5.82 Å². The molecule has 1 saturated carbocycles. The second-order valence-electron chi connectivity index (χ2n) is 4.68. The smallest absolute Gasteiger partial charge is 0.123 e. The molecule has 0 bridgehead atoms. The summed E-state index contributed by atoms with van der Waals surface area (Å²) >= 11 is 0. The maximum Gasteiger partial charge on any atom is 0.123 e. The summed E-state index contributed by atoms with van der Waals surface area (Å²) in [6.07, 6.45) is 4.92. The van der Waals surface area contributed by atoms with Gasteiger partial charge in [-0.05, 0) is 43.5 Å². The molecule has 17 heavy (non-hydrogen) atoms. The lowest BCUT2D eigenvalue weighted by Gasteiger charge is -2.38. The highest BCUT2D eigenvalue weighted by molar-refractivity contribution is 5.64. The van der Waals surface area contributed by atoms with Crippen LogP contribution in [0.25, 0.3) is 11.3 Å². The molecule has 0 radical (unpaired) electrons. The number of rotatable bonds is 2. The van der Waals surface area contributed by atoms with Gasteiger partial charge in [0, 0.05) is 16.7 Å². The van der Waals surface area contributed by atoms with Crippen molar-refractivity contribution in [2.45, 2.75) is 24.8 Å². The van der Waals surface area contributed by atoms with E-state index in [1.807, 2.05) is 0 Å². The fourth-order valence-electron chi connectivity index (χ4n) is 2.33. The number of benzene rings is 1. The first kappa shape index (κ1) is 10.5. The van der Waals surface area contributed by atoms with Crippen LogP contribution in [0.4, 0.5) is 4.39 Å². The fourth-order valence-corrected chi connectivity index (χ4v) is 2.33. The lowest BCUT2D eigenvalue weighted by Crippen LogP contribution is -2.43. The second kappa shape index (κ2) is 3.67. The van der Waals surface area contributed by atoms with Crippen molar-refractivity contribution >= 4 is 0 Å². The van der Waals surface area contributed by atoms with Crippen LogP contribution in [-0.4, -0.2) is 10.2 Å². The lowest BCUT2D eigenvalue weighted by atomic mass is 9.72. The van der Waals surface area contributed by atoms with Crippen molar-refractivity contribution in [3.8, 4) is 11.3 Å². The van der Waals surface area contributed by atoms with E-state index < -0.39 is 0 Å². The molecule has 1 aliphatic rings. The highest BCUT2D eigenvalue weighted by Crippen LogP contribution is 2.42. The summed E-state index contributed by atoms with van der Waals surface area (Å²) < 4.78 is 12.9. The van der Waals surface area contributed by atoms with E-state index in [4.69, 9.17) is 5.73 Å². The number of hydrogen-bond acceptors (Lipinski definition) is 2. The number of hydrogen-bond donors (Lipinski definition) is 2. The summed E-state index contributed by atoms with van der Waals surface area (Å²) in [6.45, 7) is 0. The number of aromatic amines is 1. The Morgan fingerprint density at radius 2 is 1.94 bits per heavy atom. The standard InChI is InChI=1S/C13H14FN3/c14-10-4-2-9(3-5-10)12-11(8-16-17-12)13(15)6-1-7-13/h2-5,8H,1,6-7,15H2,(H,16,17). The zero-order chi connectivity index (χ0) is 11.9. The van der Waals surface area contributed by atoms with E-state index in [1.165, 1.54) is 12.1 Å². The van der Waals surface area contributed by atoms with E-state index in [1.54, 1.807) is 18.3 Å². The number of nitrogens with two attached hydrogens (primary N) is 1. The number of nitrogens with one attached hydrogen (secondary N) is 1. The van der Waals surface area contributed by atoms with Gasteiger partial charge < -0.3 is 5.73 Å². The van der Waals surface area contributed by atoms with Gasteiger partial charge in [0.05, 0.1) is 11.9 Å². The van der Waals surface area contributed by atoms with Crippen LogP contribution in [0.5, 0.6) is 0 Å². The molecule has 0 spiro atoms. The van der Waals surface area contributed by atoms with Crippen LogP contribution in [0, 0.1) is 5.82 Å². The summed E-state index contributed by atoms with van der Waals surface area (Å²) in [5.74, 6) is -0.235. The van der Waals surface area contributed by atoms with Crippen molar-refractivity contribution in [1.82, 2.24) is 10.2 Å². The maximum atomic E-state index is 12.9. The molecule has 1 aromatic heterocycles. The second-order valence-corrected chi connectivity index (χ2v) is 4.68. The van der Waals surface area contributed by atoms with Crippen LogP contribution in [0.2, 0.25) is 0 Å². The Balaban J connectivity index is 2.04. The molecule has 0 aliphatic heterocycles. The van der Waals surface area contributed by atoms with E-state index >= 15 is 0 Å². The Morgan fingerprint density at radius 1 is 1.24 bits per heavy atom. The molecule has 0 amide bonds. The van der Waals surface area contributed by atoms with Gasteiger partial charge >= 0.3 is 0 Å². The first-order valence-electron chi connectivity index (χ1n) is 5.78. The molecule has 88 valence electrons. The Kier molecular flexibility index (Phi) is 2.26. The van der Waals surface area contributed by atoms with Crippen LogP contribution in [0.15, 0.2) is 30.5 Å². The average Bonchev–Trinajstić information content (AvgIpc) is 2.76. The van der Waals surface area contributed by atoms with Crippen LogP contribution in [0.3, 0.4) is 0 Å². The highest BCUT2D eigenvalue weighted by Gasteiger charge is 2.37. The molecule has 0 atom stereocenters. The molecule has 3 N–H and O–H groups in total. The van der Waals surface area contributed by atoms with Crippen molar-refractivity contribution in [1.29, 1.82) is 0 Å². The van der Waals surface area contributed by atoms with Gasteiger partial charge in [-0.2, -0.15) is 5.10 Å². The zero-order valence-corrected chi connectivity index (χ0v) is 9.41. The molecule has 4 heteroatoms. The predicted octanol–water partition coefficient (Wildman–Crippen LogP) is 2.55. The van der Waals surface area contributed by atoms with Crippen molar-refractivity contribution in [2.24, 2.45) is 5.73 Å². The molecule has 0 unspecified atom stereocenters. The Hall–Kier alpha value is -1.68. The van der Waals surface area contributed by atoms with Crippen LogP contribution >= 0.6 is 0 Å². The fraction of sp³-hybridized carbons (Fsp3) is 0.308. The monoisotopic (exact) mass is 231 g/mol. The summed E-state index contributed by atoms with van der Waals surface area (Å²) in [5, 5.41) is 7.03. The van der Waals surface area contributed by atoms with Gasteiger partial charge in [-0.3, -0.25) is 5.10 Å². The van der Waals surface area contributed by atoms with E-state index in [0.29, 0.717) is 0 Å². The van der Waals surface area contributed by atoms with E-state index in [9.17, 15) is 4.39 Å². The Morgan fingerprint density at radius 3 is 2.53 bits per heavy atom. The van der Waals surface area contributed by atoms with Gasteiger partial charge in [-0.25, -0.2) is 4.39 Å². The minimum absolute atomic E-state index is 0.235. The molecular formula is C13H14FN3. The minimum Gasteiger partial charge on any atom is -0.321 e. The molecule has 1 aromatic carbocycles. The Labute approximate surface area is 98.8 Å². The molecule has 3 rings (SSSR count). The van der Waals surface area contributed by atoms with Gasteiger partial charge in [0.2, 0.25) is 0 Å². The topological polar surface area (TPSA) is 54.7 Å². The normalized spacial score (nSPS) is 17.8. The number of H-pyrrole nitrogens is 1. The largest absolute Gasteiger partial charge is 0.321 e. The quantitative estimate of drug-likeness (QED) is 0.834. The summed E-state index contributed by atoms with van der Waals surface area (Å²) in [6, 6.07) is 6.39. The van der Waals surface area contributed by atoms with Crippen molar-refractivity contribution < 1.29 is 4.39 Å². The van der Waals surface area contributed by atoms with Crippen molar-refractivity contribution in [2.75, 3.05) is 0 Å².